The zero-order valence-corrected chi connectivity index (χ0v) is 17.3. The van der Waals surface area contributed by atoms with E-state index in [9.17, 15) is 9.59 Å². The molecule has 0 radical (unpaired) electrons. The minimum atomic E-state index is -0.653. The van der Waals surface area contributed by atoms with Crippen LogP contribution in [0.25, 0.3) is 0 Å². The molecule has 0 fully saturated rings. The maximum atomic E-state index is 12.0. The summed E-state index contributed by atoms with van der Waals surface area (Å²) in [6, 6.07) is 18.3. The summed E-state index contributed by atoms with van der Waals surface area (Å²) in [5.41, 5.74) is 3.19. The molecule has 0 atom stereocenters. The molecule has 3 aromatic rings. The van der Waals surface area contributed by atoms with Crippen LogP contribution in [0.1, 0.15) is 5.56 Å². The van der Waals surface area contributed by atoms with Gasteiger partial charge in [0.05, 0.1) is 11.9 Å². The smallest absolute Gasteiger partial charge is 0.407 e. The third kappa shape index (κ3) is 7.00. The van der Waals surface area contributed by atoms with Gasteiger partial charge in [-0.25, -0.2) is 4.79 Å². The van der Waals surface area contributed by atoms with Gasteiger partial charge in [0.2, 0.25) is 5.91 Å². The number of benzene rings is 2. The molecule has 9 heteroatoms. The summed E-state index contributed by atoms with van der Waals surface area (Å²) in [4.78, 5) is 25.7. The van der Waals surface area contributed by atoms with Gasteiger partial charge in [-0.1, -0.05) is 30.3 Å². The van der Waals surface area contributed by atoms with Crippen LogP contribution in [-0.4, -0.2) is 42.8 Å². The number of ether oxygens (including phenoxy) is 1. The van der Waals surface area contributed by atoms with Gasteiger partial charge < -0.3 is 25.6 Å². The standard InChI is InChI=1S/C22H24N6O3/c1-28(2)19-12-20(27-24-13-19)25-17-8-10-18(11-9-17)26-21(29)14-23-22(30)31-15-16-6-4-3-5-7-16/h3-13H,14-15H2,1-2H3,(H,23,30)(H,25,27)(H,26,29). The maximum absolute atomic E-state index is 12.0. The lowest BCUT2D eigenvalue weighted by molar-refractivity contribution is -0.115. The van der Waals surface area contributed by atoms with Crippen LogP contribution in [0.4, 0.5) is 27.7 Å². The molecule has 0 aliphatic heterocycles. The van der Waals surface area contributed by atoms with Crippen LogP contribution in [0, 0.1) is 0 Å². The van der Waals surface area contributed by atoms with Crippen LogP contribution in [-0.2, 0) is 16.1 Å². The number of nitrogens with one attached hydrogen (secondary N) is 3. The summed E-state index contributed by atoms with van der Waals surface area (Å²) >= 11 is 0. The van der Waals surface area contributed by atoms with E-state index in [1.54, 1.807) is 30.5 Å². The predicted molar refractivity (Wildman–Crippen MR) is 119 cm³/mol. The van der Waals surface area contributed by atoms with Gasteiger partial charge in [-0.3, -0.25) is 4.79 Å². The second-order valence-corrected chi connectivity index (χ2v) is 6.86. The highest BCUT2D eigenvalue weighted by Crippen LogP contribution is 2.19. The number of carbonyl (C=O) groups is 2. The van der Waals surface area contributed by atoms with Crippen molar-refractivity contribution in [3.05, 3.63) is 72.4 Å². The number of hydrogen-bond donors (Lipinski definition) is 3. The van der Waals surface area contributed by atoms with Crippen LogP contribution < -0.4 is 20.9 Å². The van der Waals surface area contributed by atoms with Crippen LogP contribution in [0.3, 0.4) is 0 Å². The molecular formula is C22H24N6O3. The van der Waals surface area contributed by atoms with Crippen molar-refractivity contribution in [3.63, 3.8) is 0 Å². The van der Waals surface area contributed by atoms with Crippen LogP contribution in [0.5, 0.6) is 0 Å². The van der Waals surface area contributed by atoms with E-state index in [0.717, 1.165) is 16.9 Å². The molecule has 9 nitrogen and oxygen atoms in total. The first-order chi connectivity index (χ1) is 15.0. The van der Waals surface area contributed by atoms with Crippen molar-refractivity contribution in [2.24, 2.45) is 0 Å². The second-order valence-electron chi connectivity index (χ2n) is 6.86. The summed E-state index contributed by atoms with van der Waals surface area (Å²) < 4.78 is 5.07. The second kappa shape index (κ2) is 10.6. The zero-order chi connectivity index (χ0) is 22.1. The van der Waals surface area contributed by atoms with E-state index in [2.05, 4.69) is 26.1 Å². The molecular weight excluding hydrogens is 396 g/mol. The lowest BCUT2D eigenvalue weighted by Crippen LogP contribution is -2.33. The van der Waals surface area contributed by atoms with Crippen LogP contribution in [0.2, 0.25) is 0 Å². The fourth-order valence-electron chi connectivity index (χ4n) is 2.58. The molecule has 0 saturated heterocycles. The number of rotatable bonds is 8. The van der Waals surface area contributed by atoms with Gasteiger partial charge in [0.15, 0.2) is 5.82 Å². The van der Waals surface area contributed by atoms with Crippen molar-refractivity contribution in [1.29, 1.82) is 0 Å². The van der Waals surface area contributed by atoms with E-state index in [0.29, 0.717) is 11.5 Å². The largest absolute Gasteiger partial charge is 0.445 e. The third-order valence-corrected chi connectivity index (χ3v) is 4.20. The van der Waals surface area contributed by atoms with Crippen molar-refractivity contribution in [3.8, 4) is 0 Å². The fourth-order valence-corrected chi connectivity index (χ4v) is 2.58. The Balaban J connectivity index is 1.43. The van der Waals surface area contributed by atoms with Crippen molar-refractivity contribution in [2.75, 3.05) is 36.2 Å². The van der Waals surface area contributed by atoms with Crippen LogP contribution in [0.15, 0.2) is 66.9 Å². The number of hydrogen-bond acceptors (Lipinski definition) is 7. The van der Waals surface area contributed by atoms with E-state index in [1.807, 2.05) is 55.4 Å². The molecule has 3 rings (SSSR count). The number of amides is 2. The molecule has 0 aliphatic carbocycles. The molecule has 160 valence electrons. The van der Waals surface area contributed by atoms with Gasteiger partial charge in [-0.15, -0.1) is 5.10 Å². The molecule has 0 saturated carbocycles. The molecule has 0 aliphatic rings. The molecule has 1 aromatic heterocycles. The average molecular weight is 420 g/mol. The highest BCUT2D eigenvalue weighted by Gasteiger charge is 2.07. The van der Waals surface area contributed by atoms with E-state index in [-0.39, 0.29) is 19.1 Å². The number of anilines is 4. The van der Waals surface area contributed by atoms with Crippen molar-refractivity contribution in [1.82, 2.24) is 15.5 Å². The predicted octanol–water partition coefficient (Wildman–Crippen LogP) is 3.15. The Morgan fingerprint density at radius 1 is 1.00 bits per heavy atom. The highest BCUT2D eigenvalue weighted by molar-refractivity contribution is 5.94. The van der Waals surface area contributed by atoms with Crippen LogP contribution >= 0.6 is 0 Å². The molecule has 2 amide bonds. The summed E-state index contributed by atoms with van der Waals surface area (Å²) in [6.07, 6.45) is 1.02. The third-order valence-electron chi connectivity index (χ3n) is 4.20. The van der Waals surface area contributed by atoms with Gasteiger partial charge in [-0.05, 0) is 29.8 Å². The molecule has 31 heavy (non-hydrogen) atoms. The zero-order valence-electron chi connectivity index (χ0n) is 17.3. The van der Waals surface area contributed by atoms with Crippen molar-refractivity contribution >= 4 is 34.9 Å². The Hall–Kier alpha value is -4.14. The fraction of sp³-hybridized carbons (Fsp3) is 0.182. The van der Waals surface area contributed by atoms with E-state index >= 15 is 0 Å². The molecule has 0 bridgehead atoms. The maximum Gasteiger partial charge on any atom is 0.407 e. The molecule has 0 unspecified atom stereocenters. The number of nitrogens with zero attached hydrogens (tertiary/aromatic N) is 3. The van der Waals surface area contributed by atoms with Gasteiger partial charge in [0, 0.05) is 31.5 Å². The molecule has 3 N–H and O–H groups in total. The summed E-state index contributed by atoms with van der Waals surface area (Å²) in [5.74, 6) is 0.253. The van der Waals surface area contributed by atoms with Gasteiger partial charge >= 0.3 is 6.09 Å². The van der Waals surface area contributed by atoms with E-state index < -0.39 is 6.09 Å². The number of alkyl carbamates (subject to hydrolysis) is 1. The normalized spacial score (nSPS) is 10.1. The summed E-state index contributed by atoms with van der Waals surface area (Å²) in [6.45, 7) is -0.0505. The van der Waals surface area contributed by atoms with Gasteiger partial charge in [0.1, 0.15) is 13.2 Å². The Bertz CT molecular complexity index is 1010. The Morgan fingerprint density at radius 3 is 2.42 bits per heavy atom. The van der Waals surface area contributed by atoms with Gasteiger partial charge in [-0.2, -0.15) is 5.10 Å². The first-order valence-corrected chi connectivity index (χ1v) is 9.61. The minimum absolute atomic E-state index is 0.143. The first-order valence-electron chi connectivity index (χ1n) is 9.61. The first kappa shape index (κ1) is 21.6. The number of aromatic nitrogens is 2. The lowest BCUT2D eigenvalue weighted by atomic mass is 10.2. The molecule has 2 aromatic carbocycles. The Kier molecular flexibility index (Phi) is 7.36. The lowest BCUT2D eigenvalue weighted by Gasteiger charge is -2.13. The number of carbonyl (C=O) groups excluding carboxylic acids is 2. The SMILES string of the molecule is CN(C)c1cnnc(Nc2ccc(NC(=O)CNC(=O)OCc3ccccc3)cc2)c1. The average Bonchev–Trinajstić information content (AvgIpc) is 2.78. The monoisotopic (exact) mass is 420 g/mol. The quantitative estimate of drug-likeness (QED) is 0.514. The van der Waals surface area contributed by atoms with Crippen molar-refractivity contribution in [2.45, 2.75) is 6.61 Å². The van der Waals surface area contributed by atoms with Crippen molar-refractivity contribution < 1.29 is 14.3 Å². The van der Waals surface area contributed by atoms with E-state index in [4.69, 9.17) is 4.74 Å². The summed E-state index contributed by atoms with van der Waals surface area (Å²) in [5, 5.41) is 16.3. The minimum Gasteiger partial charge on any atom is -0.445 e. The van der Waals surface area contributed by atoms with E-state index in [1.165, 1.54) is 0 Å². The Morgan fingerprint density at radius 2 is 1.71 bits per heavy atom. The van der Waals surface area contributed by atoms with Gasteiger partial charge in [0.25, 0.3) is 0 Å². The topological polar surface area (TPSA) is 108 Å². The highest BCUT2D eigenvalue weighted by atomic mass is 16.5. The molecule has 1 heterocycles. The Labute approximate surface area is 180 Å². The summed E-state index contributed by atoms with van der Waals surface area (Å²) in [7, 11) is 3.85. The molecule has 0 spiro atoms.